The van der Waals surface area contributed by atoms with E-state index in [9.17, 15) is 0 Å². The van der Waals surface area contributed by atoms with Crippen LogP contribution in [0.15, 0.2) is 12.2 Å². The van der Waals surface area contributed by atoms with Crippen molar-refractivity contribution in [2.45, 2.75) is 52.9 Å². The van der Waals surface area contributed by atoms with Gasteiger partial charge in [0.05, 0.1) is 0 Å². The first-order valence-corrected chi connectivity index (χ1v) is 6.42. The summed E-state index contributed by atoms with van der Waals surface area (Å²) in [7, 11) is 0. The van der Waals surface area contributed by atoms with Crippen LogP contribution in [0.25, 0.3) is 0 Å². The second-order valence-electron chi connectivity index (χ2n) is 6.41. The molecule has 2 rings (SSSR count). The van der Waals surface area contributed by atoms with Crippen LogP contribution in [0.2, 0.25) is 0 Å². The van der Waals surface area contributed by atoms with Crippen LogP contribution in [0.5, 0.6) is 0 Å². The van der Waals surface area contributed by atoms with Crippen LogP contribution < -0.4 is 0 Å². The lowest BCUT2D eigenvalue weighted by atomic mass is 9.48. The molecule has 0 aromatic carbocycles. The third kappa shape index (κ3) is 1.48. The van der Waals surface area contributed by atoms with Gasteiger partial charge >= 0.3 is 0 Å². The Morgan fingerprint density at radius 1 is 1.27 bits per heavy atom. The maximum Gasteiger partial charge on any atom is -0.00854 e. The average molecular weight is 205 g/mol. The van der Waals surface area contributed by atoms with Gasteiger partial charge in [-0.2, -0.15) is 0 Å². The van der Waals surface area contributed by atoms with Crippen molar-refractivity contribution in [3.05, 3.63) is 19.1 Å². The molecule has 15 heavy (non-hydrogen) atoms. The quantitative estimate of drug-likeness (QED) is 0.506. The Labute approximate surface area is 95.1 Å². The van der Waals surface area contributed by atoms with Gasteiger partial charge in [0.15, 0.2) is 0 Å². The second kappa shape index (κ2) is 3.37. The van der Waals surface area contributed by atoms with Gasteiger partial charge in [0.25, 0.3) is 0 Å². The van der Waals surface area contributed by atoms with Crippen molar-refractivity contribution >= 4 is 0 Å². The van der Waals surface area contributed by atoms with Crippen LogP contribution in [0.3, 0.4) is 0 Å². The van der Waals surface area contributed by atoms with E-state index in [-0.39, 0.29) is 5.41 Å². The van der Waals surface area contributed by atoms with Crippen LogP contribution >= 0.6 is 0 Å². The summed E-state index contributed by atoms with van der Waals surface area (Å²) in [4.78, 5) is 0. The number of allylic oxidation sites excluding steroid dienone is 1. The number of hydrogen-bond acceptors (Lipinski definition) is 0. The molecule has 4 unspecified atom stereocenters. The number of fused-ring (bicyclic) bond motifs is 1. The van der Waals surface area contributed by atoms with Crippen LogP contribution in [0, 0.1) is 29.6 Å². The SMILES string of the molecule is [CH2]C1(C)C(C)CCC2(C)C(=C)CCCC21. The molecule has 85 valence electrons. The molecule has 1 radical (unpaired) electrons. The van der Waals surface area contributed by atoms with E-state index >= 15 is 0 Å². The lowest BCUT2D eigenvalue weighted by molar-refractivity contribution is -0.0182. The number of rotatable bonds is 0. The summed E-state index contributed by atoms with van der Waals surface area (Å²) in [5.74, 6) is 1.52. The second-order valence-corrected chi connectivity index (χ2v) is 6.41. The third-order valence-corrected chi connectivity index (χ3v) is 5.57. The van der Waals surface area contributed by atoms with Crippen molar-refractivity contribution in [2.75, 3.05) is 0 Å². The van der Waals surface area contributed by atoms with E-state index in [0.29, 0.717) is 5.41 Å². The van der Waals surface area contributed by atoms with Gasteiger partial charge in [-0.25, -0.2) is 0 Å². The van der Waals surface area contributed by atoms with Crippen LogP contribution in [0.1, 0.15) is 52.9 Å². The van der Waals surface area contributed by atoms with Gasteiger partial charge in [0.1, 0.15) is 0 Å². The van der Waals surface area contributed by atoms with Crippen LogP contribution in [0.4, 0.5) is 0 Å². The predicted molar refractivity (Wildman–Crippen MR) is 66.5 cm³/mol. The van der Waals surface area contributed by atoms with Gasteiger partial charge in [-0.05, 0) is 61.7 Å². The topological polar surface area (TPSA) is 0 Å². The van der Waals surface area contributed by atoms with Crippen molar-refractivity contribution in [3.8, 4) is 0 Å². The summed E-state index contributed by atoms with van der Waals surface area (Å²) < 4.78 is 0. The van der Waals surface area contributed by atoms with Crippen molar-refractivity contribution in [1.29, 1.82) is 0 Å². The fourth-order valence-corrected chi connectivity index (χ4v) is 3.97. The zero-order valence-corrected chi connectivity index (χ0v) is 10.6. The van der Waals surface area contributed by atoms with E-state index in [1.807, 2.05) is 0 Å². The van der Waals surface area contributed by atoms with Gasteiger partial charge in [-0.3, -0.25) is 0 Å². The highest BCUT2D eigenvalue weighted by Crippen LogP contribution is 2.60. The molecule has 0 bridgehead atoms. The molecule has 0 N–H and O–H groups in total. The molecule has 0 saturated heterocycles. The van der Waals surface area contributed by atoms with Crippen molar-refractivity contribution in [2.24, 2.45) is 22.7 Å². The maximum atomic E-state index is 4.53. The van der Waals surface area contributed by atoms with E-state index < -0.39 is 0 Å². The van der Waals surface area contributed by atoms with E-state index in [1.165, 1.54) is 37.7 Å². The summed E-state index contributed by atoms with van der Waals surface area (Å²) in [5.41, 5.74) is 2.15. The standard InChI is InChI=1S/C15H25/c1-11-9-10-15(5)12(2)7-6-8-13(15)14(11,3)4/h11,13H,2-3,6-10H2,1,4-5H3. The molecule has 2 aliphatic rings. The lowest BCUT2D eigenvalue weighted by Crippen LogP contribution is -2.48. The molecular formula is C15H25. The Kier molecular flexibility index (Phi) is 2.52. The smallest absolute Gasteiger partial charge is 0.00854 e. The molecule has 0 aromatic rings. The lowest BCUT2D eigenvalue weighted by Gasteiger charge is -2.57. The maximum absolute atomic E-state index is 4.53. The predicted octanol–water partition coefficient (Wildman–Crippen LogP) is 4.62. The first-order chi connectivity index (χ1) is 6.89. The van der Waals surface area contributed by atoms with Gasteiger partial charge < -0.3 is 0 Å². The van der Waals surface area contributed by atoms with Gasteiger partial charge in [0, 0.05) is 0 Å². The Morgan fingerprint density at radius 2 is 1.93 bits per heavy atom. The molecule has 2 saturated carbocycles. The highest BCUT2D eigenvalue weighted by atomic mass is 14.6. The number of hydrogen-bond donors (Lipinski definition) is 0. The summed E-state index contributed by atoms with van der Waals surface area (Å²) in [6.45, 7) is 16.1. The van der Waals surface area contributed by atoms with Gasteiger partial charge in [-0.1, -0.05) is 32.9 Å². The minimum Gasteiger partial charge on any atom is -0.0993 e. The third-order valence-electron chi connectivity index (χ3n) is 5.57. The Hall–Kier alpha value is -0.260. The Morgan fingerprint density at radius 3 is 2.60 bits per heavy atom. The Balaban J connectivity index is 2.35. The Bertz CT molecular complexity index is 274. The molecule has 4 atom stereocenters. The first-order valence-electron chi connectivity index (χ1n) is 6.42. The van der Waals surface area contributed by atoms with E-state index in [0.717, 1.165) is 11.8 Å². The molecule has 0 aromatic heterocycles. The van der Waals surface area contributed by atoms with E-state index in [1.54, 1.807) is 0 Å². The summed E-state index contributed by atoms with van der Waals surface area (Å²) in [6.07, 6.45) is 6.60. The molecule has 2 aliphatic carbocycles. The highest BCUT2D eigenvalue weighted by Gasteiger charge is 2.51. The van der Waals surface area contributed by atoms with Gasteiger partial charge in [-0.15, -0.1) is 0 Å². The molecule has 0 amide bonds. The molecule has 0 spiro atoms. The largest absolute Gasteiger partial charge is 0.0993 e. The van der Waals surface area contributed by atoms with Crippen LogP contribution in [-0.2, 0) is 0 Å². The van der Waals surface area contributed by atoms with Gasteiger partial charge in [0.2, 0.25) is 0 Å². The average Bonchev–Trinajstić information content (AvgIpc) is 2.16. The monoisotopic (exact) mass is 205 g/mol. The normalized spacial score (nSPS) is 44.9. The first kappa shape index (κ1) is 11.2. The zero-order valence-electron chi connectivity index (χ0n) is 10.6. The van der Waals surface area contributed by atoms with Crippen molar-refractivity contribution in [1.82, 2.24) is 0 Å². The highest BCUT2D eigenvalue weighted by molar-refractivity contribution is 5.19. The van der Waals surface area contributed by atoms with E-state index in [4.69, 9.17) is 0 Å². The fourth-order valence-electron chi connectivity index (χ4n) is 3.97. The summed E-state index contributed by atoms with van der Waals surface area (Å²) in [5, 5.41) is 0. The van der Waals surface area contributed by atoms with Crippen molar-refractivity contribution < 1.29 is 0 Å². The zero-order chi connectivity index (χ0) is 11.3. The minimum atomic E-state index is 0.260. The molecular weight excluding hydrogens is 180 g/mol. The van der Waals surface area contributed by atoms with Crippen molar-refractivity contribution in [3.63, 3.8) is 0 Å². The molecule has 2 fully saturated rings. The minimum absolute atomic E-state index is 0.260. The van der Waals surface area contributed by atoms with E-state index in [2.05, 4.69) is 34.3 Å². The fraction of sp³-hybridized carbons (Fsp3) is 0.800. The molecule has 0 heteroatoms. The summed E-state index contributed by atoms with van der Waals surface area (Å²) in [6, 6.07) is 0. The van der Waals surface area contributed by atoms with Crippen LogP contribution in [-0.4, -0.2) is 0 Å². The molecule has 0 aliphatic heterocycles. The summed E-state index contributed by atoms with van der Waals surface area (Å²) >= 11 is 0. The molecule has 0 heterocycles. The molecule has 0 nitrogen and oxygen atoms in total.